The van der Waals surface area contributed by atoms with E-state index in [1.807, 2.05) is 12.1 Å². The molecular weight excluding hydrogens is 280 g/mol. The summed E-state index contributed by atoms with van der Waals surface area (Å²) in [5.41, 5.74) is 0.723. The molecule has 0 bridgehead atoms. The van der Waals surface area contributed by atoms with Crippen molar-refractivity contribution in [2.45, 2.75) is 39.0 Å². The van der Waals surface area contributed by atoms with Crippen molar-refractivity contribution in [3.05, 3.63) is 28.2 Å². The zero-order valence-corrected chi connectivity index (χ0v) is 12.0. The highest BCUT2D eigenvalue weighted by molar-refractivity contribution is 9.10. The maximum atomic E-state index is 12.0. The summed E-state index contributed by atoms with van der Waals surface area (Å²) in [4.78, 5) is 12.0. The monoisotopic (exact) mass is 298 g/mol. The molecule has 0 amide bonds. The van der Waals surface area contributed by atoms with Crippen molar-refractivity contribution < 1.29 is 9.53 Å². The van der Waals surface area contributed by atoms with Crippen LogP contribution in [0.3, 0.4) is 0 Å². The lowest BCUT2D eigenvalue weighted by Crippen LogP contribution is -2.01. The number of carbonyl (C=O) groups is 1. The molecule has 0 saturated heterocycles. The van der Waals surface area contributed by atoms with E-state index in [1.165, 1.54) is 12.8 Å². The highest BCUT2D eigenvalue weighted by Crippen LogP contribution is 2.24. The Morgan fingerprint density at radius 1 is 1.29 bits per heavy atom. The first-order valence-corrected chi connectivity index (χ1v) is 6.85. The zero-order valence-electron chi connectivity index (χ0n) is 10.5. The molecule has 3 heteroatoms. The number of benzene rings is 1. The molecular formula is C14H19BrO2. The molecule has 2 nitrogen and oxygen atoms in total. The number of methoxy groups -OCH3 is 1. The maximum absolute atomic E-state index is 12.0. The third-order valence-electron chi connectivity index (χ3n) is 2.73. The van der Waals surface area contributed by atoms with E-state index >= 15 is 0 Å². The average Bonchev–Trinajstić information content (AvgIpc) is 2.35. The second kappa shape index (κ2) is 7.49. The van der Waals surface area contributed by atoms with Gasteiger partial charge in [-0.1, -0.05) is 42.1 Å². The minimum absolute atomic E-state index is 0.187. The molecule has 94 valence electrons. The van der Waals surface area contributed by atoms with Gasteiger partial charge in [-0.2, -0.15) is 0 Å². The Labute approximate surface area is 111 Å². The molecule has 0 aliphatic heterocycles. The Kier molecular flexibility index (Phi) is 6.27. The van der Waals surface area contributed by atoms with Crippen LogP contribution in [0.15, 0.2) is 22.7 Å². The SMILES string of the molecule is CCCCCCC(=O)c1cc(OC)ccc1Br. The van der Waals surface area contributed by atoms with Gasteiger partial charge in [0.2, 0.25) is 0 Å². The standard InChI is InChI=1S/C14H19BrO2/c1-3-4-5-6-7-14(16)12-10-11(17-2)8-9-13(12)15/h8-10H,3-7H2,1-2H3. The van der Waals surface area contributed by atoms with Gasteiger partial charge in [0.25, 0.3) is 0 Å². The number of halogens is 1. The number of carbonyl (C=O) groups excluding carboxylic acids is 1. The van der Waals surface area contributed by atoms with Crippen LogP contribution in [-0.4, -0.2) is 12.9 Å². The fourth-order valence-corrected chi connectivity index (χ4v) is 2.16. The first-order valence-electron chi connectivity index (χ1n) is 6.05. The van der Waals surface area contributed by atoms with Crippen LogP contribution in [0.25, 0.3) is 0 Å². The van der Waals surface area contributed by atoms with Gasteiger partial charge in [-0.05, 0) is 24.6 Å². The van der Waals surface area contributed by atoms with Gasteiger partial charge in [0.1, 0.15) is 5.75 Å². The summed E-state index contributed by atoms with van der Waals surface area (Å²) in [7, 11) is 1.61. The van der Waals surface area contributed by atoms with E-state index < -0.39 is 0 Å². The third kappa shape index (κ3) is 4.50. The lowest BCUT2D eigenvalue weighted by atomic mass is 10.0. The van der Waals surface area contributed by atoms with Crippen molar-refractivity contribution in [2.75, 3.05) is 7.11 Å². The molecule has 0 fully saturated rings. The van der Waals surface area contributed by atoms with Crippen LogP contribution in [0, 0.1) is 0 Å². The zero-order chi connectivity index (χ0) is 12.7. The average molecular weight is 299 g/mol. The highest BCUT2D eigenvalue weighted by atomic mass is 79.9. The summed E-state index contributed by atoms with van der Waals surface area (Å²) in [5.74, 6) is 0.914. The van der Waals surface area contributed by atoms with Gasteiger partial charge in [0, 0.05) is 16.5 Å². The van der Waals surface area contributed by atoms with Crippen LogP contribution in [-0.2, 0) is 0 Å². The van der Waals surface area contributed by atoms with Gasteiger partial charge in [-0.3, -0.25) is 4.79 Å². The smallest absolute Gasteiger partial charge is 0.164 e. The van der Waals surface area contributed by atoms with Crippen LogP contribution < -0.4 is 4.74 Å². The van der Waals surface area contributed by atoms with Crippen LogP contribution in [0.2, 0.25) is 0 Å². The maximum Gasteiger partial charge on any atom is 0.164 e. The van der Waals surface area contributed by atoms with Crippen LogP contribution in [0.1, 0.15) is 49.4 Å². The molecule has 0 aromatic heterocycles. The van der Waals surface area contributed by atoms with Crippen LogP contribution in [0.4, 0.5) is 0 Å². The molecule has 0 radical (unpaired) electrons. The molecule has 0 spiro atoms. The second-order valence-electron chi connectivity index (χ2n) is 4.08. The number of ether oxygens (including phenoxy) is 1. The number of rotatable bonds is 7. The predicted molar refractivity (Wildman–Crippen MR) is 73.8 cm³/mol. The van der Waals surface area contributed by atoms with Crippen LogP contribution >= 0.6 is 15.9 Å². The van der Waals surface area contributed by atoms with E-state index in [4.69, 9.17) is 4.74 Å². The molecule has 0 atom stereocenters. The summed E-state index contributed by atoms with van der Waals surface area (Å²) >= 11 is 3.41. The summed E-state index contributed by atoms with van der Waals surface area (Å²) in [6.07, 6.45) is 5.11. The largest absolute Gasteiger partial charge is 0.497 e. The Balaban J connectivity index is 2.61. The molecule has 17 heavy (non-hydrogen) atoms. The van der Waals surface area contributed by atoms with Crippen molar-refractivity contribution in [1.29, 1.82) is 0 Å². The normalized spacial score (nSPS) is 10.3. The summed E-state index contributed by atoms with van der Waals surface area (Å²) in [5, 5.41) is 0. The topological polar surface area (TPSA) is 26.3 Å². The van der Waals surface area contributed by atoms with Crippen molar-refractivity contribution in [3.8, 4) is 5.75 Å². The molecule has 0 unspecified atom stereocenters. The second-order valence-corrected chi connectivity index (χ2v) is 4.93. The molecule has 0 heterocycles. The molecule has 0 saturated carbocycles. The van der Waals surface area contributed by atoms with Gasteiger partial charge in [0.15, 0.2) is 5.78 Å². The van der Waals surface area contributed by atoms with E-state index in [-0.39, 0.29) is 5.78 Å². The third-order valence-corrected chi connectivity index (χ3v) is 3.42. The highest BCUT2D eigenvalue weighted by Gasteiger charge is 2.10. The molecule has 1 rings (SSSR count). The van der Waals surface area contributed by atoms with E-state index in [2.05, 4.69) is 22.9 Å². The quantitative estimate of drug-likeness (QED) is 0.543. The summed E-state index contributed by atoms with van der Waals surface area (Å²) < 4.78 is 5.98. The Bertz CT molecular complexity index is 374. The van der Waals surface area contributed by atoms with Crippen LogP contribution in [0.5, 0.6) is 5.75 Å². The van der Waals surface area contributed by atoms with Gasteiger partial charge >= 0.3 is 0 Å². The summed E-state index contributed by atoms with van der Waals surface area (Å²) in [6.45, 7) is 2.17. The molecule has 0 aliphatic carbocycles. The summed E-state index contributed by atoms with van der Waals surface area (Å²) in [6, 6.07) is 5.50. The first-order chi connectivity index (χ1) is 8.19. The number of Topliss-reactive ketones (excluding diaryl/α,β-unsaturated/α-hetero) is 1. The van der Waals surface area contributed by atoms with E-state index in [1.54, 1.807) is 13.2 Å². The van der Waals surface area contributed by atoms with Gasteiger partial charge < -0.3 is 4.74 Å². The number of hydrogen-bond donors (Lipinski definition) is 0. The fourth-order valence-electron chi connectivity index (χ4n) is 1.69. The molecule has 1 aromatic rings. The first kappa shape index (κ1) is 14.2. The van der Waals surface area contributed by atoms with E-state index in [0.717, 1.165) is 28.6 Å². The molecule has 1 aromatic carbocycles. The van der Waals surface area contributed by atoms with E-state index in [0.29, 0.717) is 6.42 Å². The van der Waals surface area contributed by atoms with Crippen molar-refractivity contribution >= 4 is 21.7 Å². The lowest BCUT2D eigenvalue weighted by molar-refractivity contribution is 0.0978. The Morgan fingerprint density at radius 3 is 2.71 bits per heavy atom. The Morgan fingerprint density at radius 2 is 2.06 bits per heavy atom. The number of ketones is 1. The number of unbranched alkanes of at least 4 members (excludes halogenated alkanes) is 3. The Hall–Kier alpha value is -0.830. The minimum Gasteiger partial charge on any atom is -0.497 e. The number of hydrogen-bond acceptors (Lipinski definition) is 2. The molecule has 0 aliphatic rings. The minimum atomic E-state index is 0.187. The van der Waals surface area contributed by atoms with Crippen molar-refractivity contribution in [1.82, 2.24) is 0 Å². The van der Waals surface area contributed by atoms with Gasteiger partial charge in [-0.15, -0.1) is 0 Å². The van der Waals surface area contributed by atoms with Crippen molar-refractivity contribution in [2.24, 2.45) is 0 Å². The molecule has 0 N–H and O–H groups in total. The van der Waals surface area contributed by atoms with Gasteiger partial charge in [-0.25, -0.2) is 0 Å². The van der Waals surface area contributed by atoms with Crippen molar-refractivity contribution in [3.63, 3.8) is 0 Å². The fraction of sp³-hybridized carbons (Fsp3) is 0.500. The van der Waals surface area contributed by atoms with E-state index in [9.17, 15) is 4.79 Å². The van der Waals surface area contributed by atoms with Gasteiger partial charge in [0.05, 0.1) is 7.11 Å². The lowest BCUT2D eigenvalue weighted by Gasteiger charge is -2.06. The predicted octanol–water partition coefficient (Wildman–Crippen LogP) is 4.61.